The molecule has 3 aromatic carbocycles. The number of nitro benzene ring substituents is 1. The van der Waals surface area contributed by atoms with Crippen molar-refractivity contribution in [1.29, 1.82) is 0 Å². The number of nitro groups is 1. The number of aromatic nitrogens is 1. The summed E-state index contributed by atoms with van der Waals surface area (Å²) in [5.74, 6) is 0.184. The second-order valence-electron chi connectivity index (χ2n) is 6.57. The summed E-state index contributed by atoms with van der Waals surface area (Å²) in [6.07, 6.45) is 0. The minimum absolute atomic E-state index is 0.0691. The Bertz CT molecular complexity index is 1180. The van der Waals surface area contributed by atoms with Gasteiger partial charge in [-0.15, -0.1) is 0 Å². The standard InChI is InChI=1S/C22H17N3O4/c1-14-17(5-4-7-19(14)25(27)28)21(26)23-13-15-9-11-16(12-10-15)22-24-18-6-2-3-8-20(18)29-22/h2-12H,13H2,1H3,(H,23,26). The molecular formula is C22H17N3O4. The van der Waals surface area contributed by atoms with Gasteiger partial charge in [0.05, 0.1) is 4.92 Å². The van der Waals surface area contributed by atoms with Gasteiger partial charge in [-0.1, -0.05) is 30.3 Å². The third-order valence-electron chi connectivity index (χ3n) is 4.69. The number of para-hydroxylation sites is 2. The number of nitrogens with one attached hydrogen (secondary N) is 1. The smallest absolute Gasteiger partial charge is 0.273 e. The molecule has 0 radical (unpaired) electrons. The van der Waals surface area contributed by atoms with Gasteiger partial charge in [0.1, 0.15) is 5.52 Å². The third kappa shape index (κ3) is 3.70. The van der Waals surface area contributed by atoms with Crippen LogP contribution in [0.4, 0.5) is 5.69 Å². The summed E-state index contributed by atoms with van der Waals surface area (Å²) in [5, 5.41) is 13.8. The number of fused-ring (bicyclic) bond motifs is 1. The van der Waals surface area contributed by atoms with Crippen LogP contribution in [0.5, 0.6) is 0 Å². The van der Waals surface area contributed by atoms with Crippen LogP contribution in [-0.4, -0.2) is 15.8 Å². The van der Waals surface area contributed by atoms with Crippen molar-refractivity contribution < 1.29 is 14.1 Å². The van der Waals surface area contributed by atoms with Gasteiger partial charge in [0.25, 0.3) is 11.6 Å². The lowest BCUT2D eigenvalue weighted by atomic mass is 10.1. The number of hydrogen-bond donors (Lipinski definition) is 1. The molecule has 1 aromatic heterocycles. The molecule has 0 unspecified atom stereocenters. The van der Waals surface area contributed by atoms with Gasteiger partial charge in [-0.3, -0.25) is 14.9 Å². The zero-order chi connectivity index (χ0) is 20.4. The van der Waals surface area contributed by atoms with Gasteiger partial charge in [-0.2, -0.15) is 0 Å². The lowest BCUT2D eigenvalue weighted by Crippen LogP contribution is -2.23. The van der Waals surface area contributed by atoms with E-state index in [0.717, 1.165) is 22.2 Å². The summed E-state index contributed by atoms with van der Waals surface area (Å²) in [5.41, 5.74) is 3.83. The molecule has 0 atom stereocenters. The van der Waals surface area contributed by atoms with Gasteiger partial charge < -0.3 is 9.73 Å². The predicted molar refractivity (Wildman–Crippen MR) is 108 cm³/mol. The van der Waals surface area contributed by atoms with E-state index < -0.39 is 4.92 Å². The summed E-state index contributed by atoms with van der Waals surface area (Å²) in [6, 6.07) is 19.6. The maximum absolute atomic E-state index is 12.4. The van der Waals surface area contributed by atoms with Gasteiger partial charge in [-0.25, -0.2) is 4.98 Å². The van der Waals surface area contributed by atoms with Crippen LogP contribution in [0.25, 0.3) is 22.6 Å². The Labute approximate surface area is 166 Å². The Morgan fingerprint density at radius 2 is 1.83 bits per heavy atom. The highest BCUT2D eigenvalue weighted by Gasteiger charge is 2.17. The molecular weight excluding hydrogens is 370 g/mol. The fourth-order valence-electron chi connectivity index (χ4n) is 3.11. The molecule has 0 saturated heterocycles. The topological polar surface area (TPSA) is 98.3 Å². The molecule has 144 valence electrons. The first-order valence-electron chi connectivity index (χ1n) is 9.00. The normalized spacial score (nSPS) is 10.8. The maximum Gasteiger partial charge on any atom is 0.273 e. The Morgan fingerprint density at radius 3 is 2.55 bits per heavy atom. The summed E-state index contributed by atoms with van der Waals surface area (Å²) in [7, 11) is 0. The van der Waals surface area contributed by atoms with Gasteiger partial charge in [-0.05, 0) is 42.8 Å². The number of carbonyl (C=O) groups excluding carboxylic acids is 1. The Morgan fingerprint density at radius 1 is 1.07 bits per heavy atom. The Hall–Kier alpha value is -4.00. The van der Waals surface area contributed by atoms with E-state index >= 15 is 0 Å². The lowest BCUT2D eigenvalue weighted by molar-refractivity contribution is -0.385. The number of nitrogens with zero attached hydrogens (tertiary/aromatic N) is 2. The van der Waals surface area contributed by atoms with Gasteiger partial charge in [0.15, 0.2) is 5.58 Å². The molecule has 0 bridgehead atoms. The van der Waals surface area contributed by atoms with E-state index in [4.69, 9.17) is 4.42 Å². The van der Waals surface area contributed by atoms with Crippen molar-refractivity contribution in [2.45, 2.75) is 13.5 Å². The number of carbonyl (C=O) groups is 1. The molecule has 1 heterocycles. The summed E-state index contributed by atoms with van der Waals surface area (Å²) < 4.78 is 5.76. The number of hydrogen-bond acceptors (Lipinski definition) is 5. The molecule has 1 amide bonds. The van der Waals surface area contributed by atoms with Crippen molar-refractivity contribution in [3.8, 4) is 11.5 Å². The van der Waals surface area contributed by atoms with Crippen LogP contribution in [0.3, 0.4) is 0 Å². The molecule has 7 nitrogen and oxygen atoms in total. The Kier molecular flexibility index (Phi) is 4.78. The highest BCUT2D eigenvalue weighted by atomic mass is 16.6. The third-order valence-corrected chi connectivity index (χ3v) is 4.69. The molecule has 0 spiro atoms. The molecule has 4 aromatic rings. The van der Waals surface area contributed by atoms with Crippen LogP contribution in [0.2, 0.25) is 0 Å². The van der Waals surface area contributed by atoms with Crippen LogP contribution in [0.1, 0.15) is 21.5 Å². The highest BCUT2D eigenvalue weighted by molar-refractivity contribution is 5.96. The summed E-state index contributed by atoms with van der Waals surface area (Å²) in [6.45, 7) is 1.87. The minimum atomic E-state index is -0.489. The van der Waals surface area contributed by atoms with Gasteiger partial charge >= 0.3 is 0 Å². The van der Waals surface area contributed by atoms with E-state index in [1.54, 1.807) is 13.0 Å². The van der Waals surface area contributed by atoms with Gasteiger partial charge in [0.2, 0.25) is 5.89 Å². The largest absolute Gasteiger partial charge is 0.436 e. The minimum Gasteiger partial charge on any atom is -0.436 e. The van der Waals surface area contributed by atoms with E-state index in [-0.39, 0.29) is 11.6 Å². The van der Waals surface area contributed by atoms with E-state index in [2.05, 4.69) is 10.3 Å². The van der Waals surface area contributed by atoms with Crippen molar-refractivity contribution in [3.05, 3.63) is 93.5 Å². The second-order valence-corrected chi connectivity index (χ2v) is 6.57. The first-order valence-corrected chi connectivity index (χ1v) is 9.00. The predicted octanol–water partition coefficient (Wildman–Crippen LogP) is 4.64. The molecule has 0 fully saturated rings. The van der Waals surface area contributed by atoms with E-state index in [1.807, 2.05) is 48.5 Å². The molecule has 4 rings (SSSR count). The van der Waals surface area contributed by atoms with Crippen LogP contribution in [0.15, 0.2) is 71.1 Å². The van der Waals surface area contributed by atoms with E-state index in [1.165, 1.54) is 12.1 Å². The summed E-state index contributed by atoms with van der Waals surface area (Å²) >= 11 is 0. The molecule has 0 aliphatic carbocycles. The molecule has 1 N–H and O–H groups in total. The first kappa shape index (κ1) is 18.4. The zero-order valence-electron chi connectivity index (χ0n) is 15.6. The molecule has 7 heteroatoms. The number of amides is 1. The SMILES string of the molecule is Cc1c(C(=O)NCc2ccc(-c3nc4ccccc4o3)cc2)cccc1[N+](=O)[O-]. The van der Waals surface area contributed by atoms with Crippen LogP contribution < -0.4 is 5.32 Å². The molecule has 29 heavy (non-hydrogen) atoms. The van der Waals surface area contributed by atoms with Crippen LogP contribution >= 0.6 is 0 Å². The number of benzene rings is 3. The fraction of sp³-hybridized carbons (Fsp3) is 0.0909. The van der Waals surface area contributed by atoms with Crippen molar-refractivity contribution in [1.82, 2.24) is 10.3 Å². The second kappa shape index (κ2) is 7.55. The van der Waals surface area contributed by atoms with Crippen LogP contribution in [0, 0.1) is 17.0 Å². The average molecular weight is 387 g/mol. The van der Waals surface area contributed by atoms with Crippen LogP contribution in [-0.2, 0) is 6.54 Å². The van der Waals surface area contributed by atoms with Crippen molar-refractivity contribution in [2.75, 3.05) is 0 Å². The maximum atomic E-state index is 12.4. The zero-order valence-corrected chi connectivity index (χ0v) is 15.6. The van der Waals surface area contributed by atoms with E-state index in [0.29, 0.717) is 23.6 Å². The van der Waals surface area contributed by atoms with Crippen molar-refractivity contribution >= 4 is 22.7 Å². The average Bonchev–Trinajstić information content (AvgIpc) is 3.16. The van der Waals surface area contributed by atoms with Crippen molar-refractivity contribution in [2.24, 2.45) is 0 Å². The molecule has 0 aliphatic heterocycles. The molecule has 0 saturated carbocycles. The first-order chi connectivity index (χ1) is 14.0. The van der Waals surface area contributed by atoms with E-state index in [9.17, 15) is 14.9 Å². The fourth-order valence-corrected chi connectivity index (χ4v) is 3.11. The van der Waals surface area contributed by atoms with Gasteiger partial charge in [0, 0.05) is 29.3 Å². The lowest BCUT2D eigenvalue weighted by Gasteiger charge is -2.08. The quantitative estimate of drug-likeness (QED) is 0.397. The summed E-state index contributed by atoms with van der Waals surface area (Å²) in [4.78, 5) is 27.5. The number of rotatable bonds is 5. The molecule has 0 aliphatic rings. The highest BCUT2D eigenvalue weighted by Crippen LogP contribution is 2.24. The number of oxazole rings is 1. The Balaban J connectivity index is 1.46. The monoisotopic (exact) mass is 387 g/mol. The van der Waals surface area contributed by atoms with Crippen molar-refractivity contribution in [3.63, 3.8) is 0 Å².